The Labute approximate surface area is 239 Å². The minimum atomic E-state index is -3.78. The Hall–Kier alpha value is -3.33. The van der Waals surface area contributed by atoms with Crippen molar-refractivity contribution in [3.8, 4) is 17.1 Å². The number of aryl methyl sites for hydroxylation is 1. The van der Waals surface area contributed by atoms with Crippen LogP contribution in [0.25, 0.3) is 22.4 Å². The predicted octanol–water partition coefficient (Wildman–Crippen LogP) is 1.23. The molecule has 41 heavy (non-hydrogen) atoms. The molecular formula is C27H39N7O6S. The smallest absolute Gasteiger partial charge is 0.279 e. The zero-order valence-corrected chi connectivity index (χ0v) is 24.9. The van der Waals surface area contributed by atoms with Crippen LogP contribution in [0.4, 0.5) is 0 Å². The molecule has 1 aliphatic rings. The van der Waals surface area contributed by atoms with E-state index in [0.717, 1.165) is 12.8 Å². The number of nitrogens with one attached hydrogen (secondary N) is 2. The summed E-state index contributed by atoms with van der Waals surface area (Å²) in [6, 6.07) is 4.65. The van der Waals surface area contributed by atoms with E-state index in [2.05, 4.69) is 20.3 Å². The highest BCUT2D eigenvalue weighted by Crippen LogP contribution is 2.32. The highest BCUT2D eigenvalue weighted by atomic mass is 32.2. The average molecular weight is 590 g/mol. The van der Waals surface area contributed by atoms with E-state index in [0.29, 0.717) is 74.9 Å². The van der Waals surface area contributed by atoms with Gasteiger partial charge in [-0.1, -0.05) is 20.3 Å². The summed E-state index contributed by atoms with van der Waals surface area (Å²) < 4.78 is 41.0. The highest BCUT2D eigenvalue weighted by Gasteiger charge is 2.29. The van der Waals surface area contributed by atoms with Crippen LogP contribution in [-0.4, -0.2) is 103 Å². The number of methoxy groups -OCH3 is 1. The molecule has 3 aromatic rings. The quantitative estimate of drug-likeness (QED) is 0.281. The first-order valence-corrected chi connectivity index (χ1v) is 15.3. The van der Waals surface area contributed by atoms with E-state index < -0.39 is 15.6 Å². The molecule has 224 valence electrons. The van der Waals surface area contributed by atoms with Crippen LogP contribution >= 0.6 is 0 Å². The van der Waals surface area contributed by atoms with E-state index in [1.807, 2.05) is 20.9 Å². The molecule has 1 aliphatic heterocycles. The summed E-state index contributed by atoms with van der Waals surface area (Å²) in [5, 5.41) is 7.17. The number of piperazine rings is 1. The van der Waals surface area contributed by atoms with Gasteiger partial charge in [-0.25, -0.2) is 13.4 Å². The van der Waals surface area contributed by atoms with Crippen molar-refractivity contribution in [2.24, 2.45) is 0 Å². The minimum Gasteiger partial charge on any atom is -0.493 e. The Bertz CT molecular complexity index is 1530. The molecule has 0 radical (unpaired) electrons. The Balaban J connectivity index is 1.79. The van der Waals surface area contributed by atoms with Crippen LogP contribution in [0.2, 0.25) is 0 Å². The lowest BCUT2D eigenvalue weighted by molar-refractivity contribution is -0.122. The first-order chi connectivity index (χ1) is 19.7. The van der Waals surface area contributed by atoms with Crippen LogP contribution in [0.3, 0.4) is 0 Å². The van der Waals surface area contributed by atoms with Gasteiger partial charge in [0, 0.05) is 39.8 Å². The maximum absolute atomic E-state index is 13.5. The summed E-state index contributed by atoms with van der Waals surface area (Å²) in [4.78, 5) is 35.5. The van der Waals surface area contributed by atoms with Crippen LogP contribution in [0.15, 0.2) is 27.9 Å². The largest absolute Gasteiger partial charge is 0.493 e. The summed E-state index contributed by atoms with van der Waals surface area (Å²) in [5.74, 6) is 0.319. The van der Waals surface area contributed by atoms with Crippen LogP contribution < -0.4 is 15.6 Å². The third kappa shape index (κ3) is 6.94. The highest BCUT2D eigenvalue weighted by molar-refractivity contribution is 7.89. The average Bonchev–Trinajstić information content (AvgIpc) is 3.29. The number of nitrogens with zero attached hydrogens (tertiary/aromatic N) is 5. The van der Waals surface area contributed by atoms with Crippen molar-refractivity contribution in [3.05, 3.63) is 34.2 Å². The van der Waals surface area contributed by atoms with Crippen LogP contribution in [0, 0.1) is 0 Å². The van der Waals surface area contributed by atoms with Crippen molar-refractivity contribution in [2.45, 2.75) is 44.6 Å². The number of aromatic nitrogens is 4. The normalized spacial score (nSPS) is 14.9. The molecule has 4 rings (SSSR count). The van der Waals surface area contributed by atoms with Gasteiger partial charge in [0.25, 0.3) is 5.56 Å². The van der Waals surface area contributed by atoms with Gasteiger partial charge in [0.15, 0.2) is 5.52 Å². The monoisotopic (exact) mass is 589 g/mol. The fraction of sp³-hybridized carbons (Fsp3) is 0.556. The van der Waals surface area contributed by atoms with Gasteiger partial charge in [0.1, 0.15) is 23.6 Å². The maximum atomic E-state index is 13.5. The first-order valence-electron chi connectivity index (χ1n) is 13.9. The molecule has 0 aliphatic carbocycles. The number of amides is 1. The van der Waals surface area contributed by atoms with Crippen molar-refractivity contribution in [3.63, 3.8) is 0 Å². The van der Waals surface area contributed by atoms with Gasteiger partial charge in [-0.3, -0.25) is 14.3 Å². The molecule has 0 unspecified atom stereocenters. The van der Waals surface area contributed by atoms with Gasteiger partial charge >= 0.3 is 0 Å². The summed E-state index contributed by atoms with van der Waals surface area (Å²) in [5.41, 5.74) is 0.993. The van der Waals surface area contributed by atoms with E-state index >= 15 is 0 Å². The van der Waals surface area contributed by atoms with Crippen molar-refractivity contribution in [1.82, 2.24) is 34.3 Å². The number of sulfonamides is 1. The molecule has 1 saturated heterocycles. The Morgan fingerprint density at radius 1 is 1.10 bits per heavy atom. The molecule has 3 heterocycles. The number of fused-ring (bicyclic) bond motifs is 1. The maximum Gasteiger partial charge on any atom is 0.279 e. The fourth-order valence-corrected chi connectivity index (χ4v) is 6.11. The number of benzene rings is 1. The van der Waals surface area contributed by atoms with Gasteiger partial charge in [0.2, 0.25) is 15.9 Å². The lowest BCUT2D eigenvalue weighted by Crippen LogP contribution is -2.47. The topological polar surface area (TPSA) is 152 Å². The second-order valence-corrected chi connectivity index (χ2v) is 12.0. The van der Waals surface area contributed by atoms with Crippen molar-refractivity contribution in [2.75, 3.05) is 60.1 Å². The lowest BCUT2D eigenvalue weighted by Gasteiger charge is -2.31. The van der Waals surface area contributed by atoms with Gasteiger partial charge in [0.05, 0.1) is 29.4 Å². The molecule has 13 nitrogen and oxygen atoms in total. The van der Waals surface area contributed by atoms with Gasteiger partial charge in [-0.05, 0) is 38.1 Å². The second-order valence-electron chi connectivity index (χ2n) is 10.0. The third-order valence-electron chi connectivity index (χ3n) is 6.88. The molecular weight excluding hydrogens is 550 g/mol. The third-order valence-corrected chi connectivity index (χ3v) is 8.77. The van der Waals surface area contributed by atoms with Gasteiger partial charge in [-0.2, -0.15) is 9.40 Å². The number of ether oxygens (including phenoxy) is 2. The zero-order valence-electron chi connectivity index (χ0n) is 24.1. The van der Waals surface area contributed by atoms with E-state index in [1.54, 1.807) is 13.2 Å². The summed E-state index contributed by atoms with van der Waals surface area (Å²) >= 11 is 0. The molecule has 2 N–H and O–H groups in total. The number of H-pyrrole nitrogens is 1. The zero-order chi connectivity index (χ0) is 29.6. The number of aromatic amines is 1. The molecule has 0 bridgehead atoms. The molecule has 1 amide bonds. The summed E-state index contributed by atoms with van der Waals surface area (Å²) in [7, 11) is -0.266. The Kier molecular flexibility index (Phi) is 10.1. The number of carbonyl (C=O) groups is 1. The molecule has 1 fully saturated rings. The second kappa shape index (κ2) is 13.6. The number of rotatable bonds is 13. The number of carbonyl (C=O) groups excluding carboxylic acids is 1. The number of likely N-dealkylation sites (N-methyl/N-ethyl adjacent to an activating group) is 1. The molecule has 0 saturated carbocycles. The predicted molar refractivity (Wildman–Crippen MR) is 155 cm³/mol. The molecule has 14 heteroatoms. The van der Waals surface area contributed by atoms with Crippen molar-refractivity contribution < 1.29 is 22.7 Å². The number of hydrogen-bond donors (Lipinski definition) is 2. The Morgan fingerprint density at radius 2 is 1.85 bits per heavy atom. The Morgan fingerprint density at radius 3 is 2.54 bits per heavy atom. The van der Waals surface area contributed by atoms with E-state index in [-0.39, 0.29) is 28.7 Å². The minimum absolute atomic E-state index is 0.0756. The van der Waals surface area contributed by atoms with Gasteiger partial charge < -0.3 is 24.7 Å². The summed E-state index contributed by atoms with van der Waals surface area (Å²) in [6.07, 6.45) is 2.01. The van der Waals surface area contributed by atoms with Gasteiger partial charge in [-0.15, -0.1) is 0 Å². The molecule has 2 aromatic heterocycles. The van der Waals surface area contributed by atoms with E-state index in [1.165, 1.54) is 21.1 Å². The summed E-state index contributed by atoms with van der Waals surface area (Å²) in [6.45, 7) is 7.09. The number of hydrogen-bond acceptors (Lipinski definition) is 9. The SMILES string of the molecule is CCCOc1ccc(S(=O)(=O)N2CCN(C)CC2)cc1-c1nc2c(CCC)n(CC(=O)NCCOC)nc2c(=O)[nH]1. The van der Waals surface area contributed by atoms with Crippen LogP contribution in [0.5, 0.6) is 5.75 Å². The van der Waals surface area contributed by atoms with E-state index in [9.17, 15) is 18.0 Å². The molecule has 0 spiro atoms. The molecule has 0 atom stereocenters. The van der Waals surface area contributed by atoms with E-state index in [4.69, 9.17) is 14.5 Å². The van der Waals surface area contributed by atoms with Crippen molar-refractivity contribution in [1.29, 1.82) is 0 Å². The lowest BCUT2D eigenvalue weighted by atomic mass is 10.1. The van der Waals surface area contributed by atoms with Crippen LogP contribution in [-0.2, 0) is 32.5 Å². The standard InChI is InChI=1S/C27H39N7O6S/c1-5-7-21-24-25(31-34(21)18-23(35)28-10-16-39-4)27(36)30-26(29-24)20-17-19(8-9-22(20)40-15-6-2)41(37,38)33-13-11-32(3)12-14-33/h8-9,17H,5-7,10-16,18H2,1-4H3,(H,28,35)(H,29,30,36). The van der Waals surface area contributed by atoms with Crippen LogP contribution in [0.1, 0.15) is 32.4 Å². The van der Waals surface area contributed by atoms with Crippen molar-refractivity contribution >= 4 is 27.0 Å². The fourth-order valence-electron chi connectivity index (χ4n) is 4.66. The molecule has 1 aromatic carbocycles. The first kappa shape index (κ1) is 30.6.